The van der Waals surface area contributed by atoms with Crippen LogP contribution in [0.25, 0.3) is 0 Å². The fraction of sp³-hybridized carbons (Fsp3) is 0.714. The predicted molar refractivity (Wildman–Crippen MR) is 157 cm³/mol. The highest BCUT2D eigenvalue weighted by atomic mass is 32.2. The standard InChI is InChI=1S/C28H47NO6SSi2/c1-18-13-15-20(16-14-18)36-25-22-24(34-26(31)29(22)19(2)30)23(35-38(11,12)28(6,7)8)21(33-25)17-32-37(9,10)27(3,4)5/h13-16,21-25H,17H2,1-12H3/t21-,22-,23+,24-,25+/m1/s1. The van der Waals surface area contributed by atoms with E-state index in [1.807, 2.05) is 31.2 Å². The van der Waals surface area contributed by atoms with Crippen LogP contribution in [0.15, 0.2) is 29.2 Å². The monoisotopic (exact) mass is 581 g/mol. The second-order valence-corrected chi connectivity index (χ2v) is 24.4. The molecule has 2 heterocycles. The number of carbonyl (C=O) groups is 2. The number of hydrogen-bond acceptors (Lipinski definition) is 7. The molecule has 0 saturated carbocycles. The van der Waals surface area contributed by atoms with Crippen molar-refractivity contribution >= 4 is 40.4 Å². The van der Waals surface area contributed by atoms with Crippen molar-refractivity contribution in [3.05, 3.63) is 29.8 Å². The minimum absolute atomic E-state index is 0.0291. The number of nitrogens with zero attached hydrogens (tertiary/aromatic N) is 1. The summed E-state index contributed by atoms with van der Waals surface area (Å²) in [4.78, 5) is 27.9. The molecule has 1 aromatic carbocycles. The molecule has 0 aliphatic carbocycles. The van der Waals surface area contributed by atoms with E-state index in [1.54, 1.807) is 0 Å². The normalized spacial score (nSPS) is 26.8. The third-order valence-electron chi connectivity index (χ3n) is 8.61. The van der Waals surface area contributed by atoms with E-state index < -0.39 is 52.5 Å². The van der Waals surface area contributed by atoms with E-state index in [2.05, 4.69) is 67.7 Å². The second-order valence-electron chi connectivity index (χ2n) is 13.6. The zero-order chi connectivity index (χ0) is 28.8. The molecule has 0 bridgehead atoms. The summed E-state index contributed by atoms with van der Waals surface area (Å²) in [5.41, 5.74) is 0.635. The molecule has 0 aromatic heterocycles. The maximum atomic E-state index is 13.0. The van der Waals surface area contributed by atoms with Crippen LogP contribution in [0.1, 0.15) is 54.0 Å². The van der Waals surface area contributed by atoms with E-state index in [0.29, 0.717) is 6.61 Å². The topological polar surface area (TPSA) is 74.3 Å². The number of thioether (sulfide) groups is 1. The highest BCUT2D eigenvalue weighted by Gasteiger charge is 2.60. The Morgan fingerprint density at radius 1 is 1.00 bits per heavy atom. The maximum Gasteiger partial charge on any atom is 0.417 e. The predicted octanol–water partition coefficient (Wildman–Crippen LogP) is 6.96. The van der Waals surface area contributed by atoms with Gasteiger partial charge >= 0.3 is 6.09 Å². The van der Waals surface area contributed by atoms with Gasteiger partial charge in [0.05, 0.1) is 6.61 Å². The van der Waals surface area contributed by atoms with Crippen molar-refractivity contribution in [2.45, 2.75) is 126 Å². The van der Waals surface area contributed by atoms with Crippen LogP contribution < -0.4 is 0 Å². The molecule has 0 spiro atoms. The summed E-state index contributed by atoms with van der Waals surface area (Å²) < 4.78 is 26.3. The number of amides is 2. The third-order valence-corrected chi connectivity index (χ3v) is 18.8. The number of rotatable bonds is 7. The van der Waals surface area contributed by atoms with Crippen molar-refractivity contribution < 1.29 is 27.9 Å². The van der Waals surface area contributed by atoms with E-state index in [1.165, 1.54) is 23.6 Å². The number of fused-ring (bicyclic) bond motifs is 1. The van der Waals surface area contributed by atoms with Crippen molar-refractivity contribution in [2.75, 3.05) is 6.61 Å². The average molecular weight is 582 g/mol. The van der Waals surface area contributed by atoms with Crippen molar-refractivity contribution in [1.82, 2.24) is 4.90 Å². The first-order valence-electron chi connectivity index (χ1n) is 13.5. The average Bonchev–Trinajstić information content (AvgIpc) is 3.11. The molecule has 2 amide bonds. The minimum atomic E-state index is -2.30. The Bertz CT molecular complexity index is 1020. The van der Waals surface area contributed by atoms with Gasteiger partial charge in [0, 0.05) is 11.8 Å². The van der Waals surface area contributed by atoms with Crippen LogP contribution in [0.5, 0.6) is 0 Å². The lowest BCUT2D eigenvalue weighted by Crippen LogP contribution is -2.64. The highest BCUT2D eigenvalue weighted by molar-refractivity contribution is 7.99. The van der Waals surface area contributed by atoms with Crippen LogP contribution in [-0.4, -0.2) is 69.9 Å². The summed E-state index contributed by atoms with van der Waals surface area (Å²) in [5, 5.41) is -0.0367. The van der Waals surface area contributed by atoms with Gasteiger partial charge in [0.15, 0.2) is 22.7 Å². The lowest BCUT2D eigenvalue weighted by molar-refractivity contribution is -0.159. The molecule has 0 N–H and O–H groups in total. The van der Waals surface area contributed by atoms with Crippen LogP contribution in [-0.2, 0) is 23.1 Å². The number of benzene rings is 1. The molecule has 0 unspecified atom stereocenters. The van der Waals surface area contributed by atoms with Gasteiger partial charge in [-0.2, -0.15) is 0 Å². The number of carbonyl (C=O) groups excluding carboxylic acids is 2. The molecule has 5 atom stereocenters. The lowest BCUT2D eigenvalue weighted by atomic mass is 9.98. The first-order valence-corrected chi connectivity index (χ1v) is 20.2. The molecule has 10 heteroatoms. The Morgan fingerprint density at radius 2 is 1.55 bits per heavy atom. The molecular weight excluding hydrogens is 535 g/mol. The van der Waals surface area contributed by atoms with Crippen LogP contribution >= 0.6 is 11.8 Å². The van der Waals surface area contributed by atoms with Gasteiger partial charge in [-0.05, 0) is 55.3 Å². The smallest absolute Gasteiger partial charge is 0.417 e. The van der Waals surface area contributed by atoms with E-state index in [-0.39, 0.29) is 16.0 Å². The quantitative estimate of drug-likeness (QED) is 0.322. The van der Waals surface area contributed by atoms with Crippen LogP contribution in [0.4, 0.5) is 4.79 Å². The number of hydrogen-bond donors (Lipinski definition) is 0. The fourth-order valence-corrected chi connectivity index (χ4v) is 7.59. The Kier molecular flexibility index (Phi) is 9.08. The van der Waals surface area contributed by atoms with Gasteiger partial charge in [0.1, 0.15) is 23.7 Å². The van der Waals surface area contributed by atoms with Crippen LogP contribution in [0.3, 0.4) is 0 Å². The molecule has 2 aliphatic rings. The summed E-state index contributed by atoms with van der Waals surface area (Å²) in [7, 11) is -4.40. The van der Waals surface area contributed by atoms with Crippen molar-refractivity contribution in [3.63, 3.8) is 0 Å². The van der Waals surface area contributed by atoms with Crippen LogP contribution in [0.2, 0.25) is 36.3 Å². The third kappa shape index (κ3) is 6.58. The number of aryl methyl sites for hydroxylation is 1. The zero-order valence-corrected chi connectivity index (χ0v) is 28.0. The summed E-state index contributed by atoms with van der Waals surface area (Å²) in [6.45, 7) is 25.7. The summed E-state index contributed by atoms with van der Waals surface area (Å²) >= 11 is 1.50. The van der Waals surface area contributed by atoms with Gasteiger partial charge in [-0.25, -0.2) is 9.69 Å². The molecule has 38 heavy (non-hydrogen) atoms. The van der Waals surface area contributed by atoms with Gasteiger partial charge in [-0.1, -0.05) is 71.0 Å². The van der Waals surface area contributed by atoms with E-state index in [4.69, 9.17) is 18.3 Å². The Hall–Kier alpha value is -1.18. The van der Waals surface area contributed by atoms with Gasteiger partial charge in [-0.15, -0.1) is 0 Å². The zero-order valence-electron chi connectivity index (χ0n) is 25.2. The molecule has 2 saturated heterocycles. The molecule has 0 radical (unpaired) electrons. The largest absolute Gasteiger partial charge is 0.441 e. The SMILES string of the molecule is CC(=O)N1C(=O)O[C@H]2[C@@H](O[Si](C)(C)C(C)(C)C)[C@@H](CO[Si](C)(C)C(C)(C)C)O[C@@H](Sc3ccc(C)cc3)[C@@H]21. The molecule has 2 aliphatic heterocycles. The molecule has 1 aromatic rings. The minimum Gasteiger partial charge on any atom is -0.441 e. The van der Waals surface area contributed by atoms with Gasteiger partial charge < -0.3 is 18.3 Å². The maximum absolute atomic E-state index is 13.0. The molecular formula is C28H47NO6SSi2. The van der Waals surface area contributed by atoms with E-state index >= 15 is 0 Å². The number of imide groups is 1. The Labute approximate surface area is 235 Å². The lowest BCUT2D eigenvalue weighted by Gasteiger charge is -2.48. The fourth-order valence-electron chi connectivity index (χ4n) is 4.08. The summed E-state index contributed by atoms with van der Waals surface area (Å²) in [6.07, 6.45) is -2.29. The highest BCUT2D eigenvalue weighted by Crippen LogP contribution is 2.45. The van der Waals surface area contributed by atoms with Crippen molar-refractivity contribution in [2.24, 2.45) is 0 Å². The summed E-state index contributed by atoms with van der Waals surface area (Å²) in [6, 6.07) is 7.55. The van der Waals surface area contributed by atoms with Crippen LogP contribution in [0, 0.1) is 6.92 Å². The van der Waals surface area contributed by atoms with Gasteiger partial charge in [-0.3, -0.25) is 4.79 Å². The van der Waals surface area contributed by atoms with Gasteiger partial charge in [0.25, 0.3) is 0 Å². The molecule has 214 valence electrons. The van der Waals surface area contributed by atoms with E-state index in [9.17, 15) is 9.59 Å². The molecule has 2 fully saturated rings. The number of ether oxygens (including phenoxy) is 2. The van der Waals surface area contributed by atoms with Gasteiger partial charge in [0.2, 0.25) is 5.91 Å². The van der Waals surface area contributed by atoms with Crippen molar-refractivity contribution in [1.29, 1.82) is 0 Å². The Balaban J connectivity index is 2.03. The first-order chi connectivity index (χ1) is 17.2. The molecule has 7 nitrogen and oxygen atoms in total. The Morgan fingerprint density at radius 3 is 2.05 bits per heavy atom. The first kappa shape index (κ1) is 31.4. The second kappa shape index (κ2) is 11.0. The molecule has 3 rings (SSSR count). The summed E-state index contributed by atoms with van der Waals surface area (Å²) in [5.74, 6) is -0.359. The van der Waals surface area contributed by atoms with E-state index in [0.717, 1.165) is 10.5 Å². The van der Waals surface area contributed by atoms with Crippen molar-refractivity contribution in [3.8, 4) is 0 Å².